The minimum absolute atomic E-state index is 0.125. The van der Waals surface area contributed by atoms with Gasteiger partial charge in [-0.2, -0.15) is 0 Å². The average molecular weight is 287 g/mol. The maximum atomic E-state index is 12.4. The van der Waals surface area contributed by atoms with Crippen molar-refractivity contribution >= 4 is 21.4 Å². The molecule has 3 nitrogen and oxygen atoms in total. The summed E-state index contributed by atoms with van der Waals surface area (Å²) in [6, 6.07) is 8.18. The first-order valence-corrected chi connectivity index (χ1v) is 7.78. The number of hydrogen-bond acceptors (Lipinski definition) is 3. The second-order valence-corrected chi connectivity index (χ2v) is 6.74. The van der Waals surface area contributed by atoms with Crippen LogP contribution in [0.15, 0.2) is 46.2 Å². The lowest BCUT2D eigenvalue weighted by Gasteiger charge is -2.17. The van der Waals surface area contributed by atoms with Crippen LogP contribution in [0.1, 0.15) is 19.3 Å². The SMILES string of the molecule is O=S(=O)(C1=CCCC[C@H](O)[C@H]1Cl)c1ccccc1. The highest BCUT2D eigenvalue weighted by molar-refractivity contribution is 7.95. The third kappa shape index (κ3) is 2.60. The van der Waals surface area contributed by atoms with Crippen molar-refractivity contribution in [3.05, 3.63) is 41.3 Å². The molecule has 0 saturated carbocycles. The number of hydrogen-bond donors (Lipinski definition) is 1. The first-order valence-electron chi connectivity index (χ1n) is 5.86. The third-order valence-corrected chi connectivity index (χ3v) is 5.61. The molecule has 98 valence electrons. The summed E-state index contributed by atoms with van der Waals surface area (Å²) in [5, 5.41) is 8.94. The zero-order valence-corrected chi connectivity index (χ0v) is 11.4. The van der Waals surface area contributed by atoms with Crippen LogP contribution in [-0.2, 0) is 9.84 Å². The highest BCUT2D eigenvalue weighted by Gasteiger charge is 2.32. The van der Waals surface area contributed by atoms with Crippen molar-refractivity contribution in [1.82, 2.24) is 0 Å². The summed E-state index contributed by atoms with van der Waals surface area (Å²) in [6.45, 7) is 0. The van der Waals surface area contributed by atoms with Crippen molar-refractivity contribution in [3.8, 4) is 0 Å². The van der Waals surface area contributed by atoms with Gasteiger partial charge >= 0.3 is 0 Å². The molecule has 1 aliphatic rings. The summed E-state index contributed by atoms with van der Waals surface area (Å²) in [4.78, 5) is 0.344. The number of halogens is 1. The van der Waals surface area contributed by atoms with E-state index < -0.39 is 21.3 Å². The second-order valence-electron chi connectivity index (χ2n) is 4.32. The molecule has 0 aliphatic heterocycles. The van der Waals surface area contributed by atoms with Crippen molar-refractivity contribution in [2.75, 3.05) is 0 Å². The summed E-state index contributed by atoms with van der Waals surface area (Å²) >= 11 is 6.07. The second kappa shape index (κ2) is 5.43. The van der Waals surface area contributed by atoms with Gasteiger partial charge in [0.1, 0.15) is 0 Å². The normalized spacial score (nSPS) is 25.3. The molecule has 18 heavy (non-hydrogen) atoms. The summed E-state index contributed by atoms with van der Waals surface area (Å²) in [5.74, 6) is 0. The van der Waals surface area contributed by atoms with Crippen LogP contribution in [0.2, 0.25) is 0 Å². The molecule has 0 spiro atoms. The van der Waals surface area contributed by atoms with Gasteiger partial charge in [-0.1, -0.05) is 24.3 Å². The quantitative estimate of drug-likeness (QED) is 0.850. The van der Waals surface area contributed by atoms with E-state index in [0.717, 1.165) is 6.42 Å². The van der Waals surface area contributed by atoms with Gasteiger partial charge in [-0.05, 0) is 31.4 Å². The van der Waals surface area contributed by atoms with Gasteiger partial charge in [-0.25, -0.2) is 8.42 Å². The Bertz CT molecular complexity index is 537. The minimum atomic E-state index is -3.60. The number of alkyl halides is 1. The van der Waals surface area contributed by atoms with Crippen LogP contribution in [0.5, 0.6) is 0 Å². The molecule has 2 rings (SSSR count). The molecule has 1 aliphatic carbocycles. The molecular weight excluding hydrogens is 272 g/mol. The average Bonchev–Trinajstić information content (AvgIpc) is 2.54. The largest absolute Gasteiger partial charge is 0.391 e. The van der Waals surface area contributed by atoms with E-state index in [0.29, 0.717) is 12.8 Å². The van der Waals surface area contributed by atoms with Crippen LogP contribution in [-0.4, -0.2) is 25.0 Å². The number of allylic oxidation sites excluding steroid dienone is 1. The lowest BCUT2D eigenvalue weighted by Crippen LogP contribution is -2.25. The Balaban J connectivity index is 2.44. The van der Waals surface area contributed by atoms with Gasteiger partial charge in [0, 0.05) is 0 Å². The summed E-state index contributed by atoms with van der Waals surface area (Å²) < 4.78 is 24.9. The molecule has 0 fully saturated rings. The van der Waals surface area contributed by atoms with Gasteiger partial charge < -0.3 is 5.11 Å². The Morgan fingerprint density at radius 1 is 1.22 bits per heavy atom. The van der Waals surface area contributed by atoms with Crippen molar-refractivity contribution in [1.29, 1.82) is 0 Å². The Morgan fingerprint density at radius 3 is 2.56 bits per heavy atom. The van der Waals surface area contributed by atoms with E-state index in [1.54, 1.807) is 24.3 Å². The van der Waals surface area contributed by atoms with E-state index in [1.165, 1.54) is 12.1 Å². The van der Waals surface area contributed by atoms with E-state index >= 15 is 0 Å². The maximum Gasteiger partial charge on any atom is 0.204 e. The summed E-state index contributed by atoms with van der Waals surface area (Å²) in [7, 11) is -3.60. The summed E-state index contributed by atoms with van der Waals surface area (Å²) in [6.07, 6.45) is 2.73. The zero-order valence-electron chi connectivity index (χ0n) is 9.79. The lowest BCUT2D eigenvalue weighted by molar-refractivity contribution is 0.169. The van der Waals surface area contributed by atoms with E-state index in [1.807, 2.05) is 0 Å². The number of aliphatic hydroxyl groups is 1. The predicted octanol–water partition coefficient (Wildman–Crippen LogP) is 2.50. The van der Waals surface area contributed by atoms with Crippen LogP contribution in [0.3, 0.4) is 0 Å². The molecule has 0 heterocycles. The molecule has 0 bridgehead atoms. The van der Waals surface area contributed by atoms with Crippen molar-refractivity contribution in [2.45, 2.75) is 35.6 Å². The Morgan fingerprint density at radius 2 is 1.89 bits per heavy atom. The molecule has 1 aromatic rings. The number of rotatable bonds is 2. The van der Waals surface area contributed by atoms with Crippen molar-refractivity contribution in [2.24, 2.45) is 0 Å². The van der Waals surface area contributed by atoms with Gasteiger partial charge in [0.15, 0.2) is 0 Å². The molecule has 1 N–H and O–H groups in total. The van der Waals surface area contributed by atoms with Crippen LogP contribution in [0, 0.1) is 0 Å². The molecule has 0 radical (unpaired) electrons. The lowest BCUT2D eigenvalue weighted by atomic mass is 10.1. The molecule has 0 saturated heterocycles. The fraction of sp³-hybridized carbons (Fsp3) is 0.385. The molecule has 1 aromatic carbocycles. The highest BCUT2D eigenvalue weighted by Crippen LogP contribution is 2.31. The first kappa shape index (κ1) is 13.6. The van der Waals surface area contributed by atoms with Crippen LogP contribution >= 0.6 is 11.6 Å². The van der Waals surface area contributed by atoms with E-state index in [4.69, 9.17) is 11.6 Å². The monoisotopic (exact) mass is 286 g/mol. The van der Waals surface area contributed by atoms with Gasteiger partial charge in [0.2, 0.25) is 9.84 Å². The van der Waals surface area contributed by atoms with Crippen LogP contribution < -0.4 is 0 Å². The summed E-state index contributed by atoms with van der Waals surface area (Å²) in [5.41, 5.74) is 0. The van der Waals surface area contributed by atoms with Gasteiger partial charge in [0.05, 0.1) is 21.3 Å². The predicted molar refractivity (Wildman–Crippen MR) is 71.2 cm³/mol. The van der Waals surface area contributed by atoms with Gasteiger partial charge in [-0.15, -0.1) is 11.6 Å². The molecule has 0 amide bonds. The van der Waals surface area contributed by atoms with E-state index in [2.05, 4.69) is 0 Å². The number of benzene rings is 1. The molecule has 2 atom stereocenters. The van der Waals surface area contributed by atoms with E-state index in [9.17, 15) is 13.5 Å². The maximum absolute atomic E-state index is 12.4. The minimum Gasteiger partial charge on any atom is -0.391 e. The van der Waals surface area contributed by atoms with Gasteiger partial charge in [0.25, 0.3) is 0 Å². The molecule has 0 aromatic heterocycles. The zero-order chi connectivity index (χ0) is 13.2. The fourth-order valence-corrected chi connectivity index (χ4v) is 4.16. The standard InChI is InChI=1S/C13H15ClO3S/c14-13-11(15)8-4-5-9-12(13)18(16,17)10-6-2-1-3-7-10/h1-3,6-7,9,11,13,15H,4-5,8H2/t11-,13+/m0/s1. The number of aliphatic hydroxyl groups excluding tert-OH is 1. The van der Waals surface area contributed by atoms with Crippen molar-refractivity contribution < 1.29 is 13.5 Å². The number of sulfone groups is 1. The van der Waals surface area contributed by atoms with Gasteiger partial charge in [-0.3, -0.25) is 0 Å². The van der Waals surface area contributed by atoms with Crippen LogP contribution in [0.4, 0.5) is 0 Å². The topological polar surface area (TPSA) is 54.4 Å². The Labute approximate surface area is 112 Å². The molecule has 5 heteroatoms. The third-order valence-electron chi connectivity index (χ3n) is 3.02. The molecular formula is C13H15ClO3S. The van der Waals surface area contributed by atoms with Crippen LogP contribution in [0.25, 0.3) is 0 Å². The fourth-order valence-electron chi connectivity index (χ4n) is 2.01. The van der Waals surface area contributed by atoms with E-state index in [-0.39, 0.29) is 9.80 Å². The van der Waals surface area contributed by atoms with Crippen molar-refractivity contribution in [3.63, 3.8) is 0 Å². The first-order chi connectivity index (χ1) is 8.53. The molecule has 0 unspecified atom stereocenters. The Hall–Kier alpha value is -0.840. The smallest absolute Gasteiger partial charge is 0.204 e. The Kier molecular flexibility index (Phi) is 4.10. The highest BCUT2D eigenvalue weighted by atomic mass is 35.5.